The van der Waals surface area contributed by atoms with Crippen molar-refractivity contribution in [3.63, 3.8) is 0 Å². The van der Waals surface area contributed by atoms with Crippen LogP contribution in [0.1, 0.15) is 30.4 Å². The summed E-state index contributed by atoms with van der Waals surface area (Å²) in [7, 11) is 0. The highest BCUT2D eigenvalue weighted by atomic mass is 16.5. The minimum Gasteiger partial charge on any atom is -0.461 e. The van der Waals surface area contributed by atoms with Crippen molar-refractivity contribution in [1.82, 2.24) is 4.90 Å². The van der Waals surface area contributed by atoms with Crippen LogP contribution in [0.25, 0.3) is 0 Å². The number of hydrogen-bond donors (Lipinski definition) is 0. The fraction of sp³-hybridized carbons (Fsp3) is 0.421. The number of carbonyl (C=O) groups is 3. The number of rotatable bonds is 5. The molecule has 1 aromatic rings. The van der Waals surface area contributed by atoms with E-state index in [4.69, 9.17) is 4.74 Å². The summed E-state index contributed by atoms with van der Waals surface area (Å²) < 4.78 is 5.22. The lowest BCUT2D eigenvalue weighted by Gasteiger charge is -2.14. The van der Waals surface area contributed by atoms with Crippen LogP contribution in [0.2, 0.25) is 0 Å². The Hall–Kier alpha value is -2.43. The number of fused-ring (bicyclic) bond motifs is 1. The van der Waals surface area contributed by atoms with Gasteiger partial charge in [-0.1, -0.05) is 42.0 Å². The van der Waals surface area contributed by atoms with Crippen LogP contribution in [-0.2, 0) is 25.7 Å². The maximum atomic E-state index is 12.3. The summed E-state index contributed by atoms with van der Waals surface area (Å²) in [5.74, 6) is -1.19. The maximum absolute atomic E-state index is 12.3. The first-order valence-electron chi connectivity index (χ1n) is 8.27. The Morgan fingerprint density at radius 2 is 1.67 bits per heavy atom. The number of ether oxygens (including phenoxy) is 1. The number of benzene rings is 1. The molecule has 0 N–H and O–H groups in total. The molecule has 2 atom stereocenters. The highest BCUT2D eigenvalue weighted by Crippen LogP contribution is 2.34. The second kappa shape index (κ2) is 6.99. The first kappa shape index (κ1) is 16.4. The van der Waals surface area contributed by atoms with E-state index in [1.807, 2.05) is 43.3 Å². The average Bonchev–Trinajstić information content (AvgIpc) is 2.84. The normalized spacial score (nSPS) is 22.6. The molecule has 0 spiro atoms. The zero-order chi connectivity index (χ0) is 17.1. The van der Waals surface area contributed by atoms with Gasteiger partial charge in [0.25, 0.3) is 0 Å². The van der Waals surface area contributed by atoms with Crippen LogP contribution in [0, 0.1) is 18.8 Å². The predicted octanol–water partition coefficient (Wildman–Crippen LogP) is 2.38. The number of aryl methyl sites for hydroxylation is 1. The Bertz CT molecular complexity index is 651. The topological polar surface area (TPSA) is 63.7 Å². The Morgan fingerprint density at radius 1 is 1.08 bits per heavy atom. The van der Waals surface area contributed by atoms with Crippen molar-refractivity contribution in [2.45, 2.75) is 32.8 Å². The number of likely N-dealkylation sites (tertiary alicyclic amines) is 1. The molecule has 0 bridgehead atoms. The molecular formula is C19H21NO4. The lowest BCUT2D eigenvalue weighted by atomic mass is 9.85. The fourth-order valence-electron chi connectivity index (χ4n) is 3.21. The highest BCUT2D eigenvalue weighted by molar-refractivity contribution is 6.05. The lowest BCUT2D eigenvalue weighted by molar-refractivity contribution is -0.146. The van der Waals surface area contributed by atoms with Gasteiger partial charge < -0.3 is 4.74 Å². The minimum absolute atomic E-state index is 0.0379. The third kappa shape index (κ3) is 3.40. The monoisotopic (exact) mass is 327 g/mol. The minimum atomic E-state index is -0.399. The number of allylic oxidation sites excluding steroid dienone is 2. The van der Waals surface area contributed by atoms with Crippen LogP contribution in [0.15, 0.2) is 36.4 Å². The second-order valence-corrected chi connectivity index (χ2v) is 6.38. The molecule has 1 saturated heterocycles. The Labute approximate surface area is 141 Å². The van der Waals surface area contributed by atoms with Crippen LogP contribution in [-0.4, -0.2) is 29.2 Å². The first-order chi connectivity index (χ1) is 11.6. The van der Waals surface area contributed by atoms with Crippen LogP contribution >= 0.6 is 0 Å². The van der Waals surface area contributed by atoms with Gasteiger partial charge in [0, 0.05) is 6.54 Å². The molecule has 0 radical (unpaired) electrons. The van der Waals surface area contributed by atoms with Crippen LogP contribution in [0.5, 0.6) is 0 Å². The number of carbonyl (C=O) groups excluding carboxylic acids is 3. The van der Waals surface area contributed by atoms with Crippen molar-refractivity contribution in [3.8, 4) is 0 Å². The van der Waals surface area contributed by atoms with Gasteiger partial charge in [-0.2, -0.15) is 0 Å². The van der Waals surface area contributed by atoms with Gasteiger partial charge in [-0.05, 0) is 25.3 Å². The van der Waals surface area contributed by atoms with Gasteiger partial charge in [0.15, 0.2) is 0 Å². The van der Waals surface area contributed by atoms with Crippen LogP contribution in [0.4, 0.5) is 0 Å². The number of imide groups is 1. The van der Waals surface area contributed by atoms with Crippen molar-refractivity contribution in [2.24, 2.45) is 11.8 Å². The summed E-state index contributed by atoms with van der Waals surface area (Å²) in [5.41, 5.74) is 2.06. The van der Waals surface area contributed by atoms with Gasteiger partial charge in [-0.3, -0.25) is 19.3 Å². The van der Waals surface area contributed by atoms with E-state index in [1.165, 1.54) is 4.90 Å². The predicted molar refractivity (Wildman–Crippen MR) is 87.7 cm³/mol. The molecule has 5 heteroatoms. The van der Waals surface area contributed by atoms with E-state index in [0.29, 0.717) is 12.8 Å². The first-order valence-corrected chi connectivity index (χ1v) is 8.27. The molecule has 0 saturated carbocycles. The number of amides is 2. The van der Waals surface area contributed by atoms with E-state index < -0.39 is 5.97 Å². The molecule has 3 rings (SSSR count). The molecule has 1 fully saturated rings. The van der Waals surface area contributed by atoms with Gasteiger partial charge in [0.2, 0.25) is 11.8 Å². The molecular weight excluding hydrogens is 306 g/mol. The standard InChI is InChI=1S/C19H21NO4/c1-13-6-8-14(9-7-13)12-24-17(21)10-11-20-18(22)15-4-2-3-5-16(15)19(20)23/h2-3,6-9,15-16H,4-5,10-12H2,1H3/t15-,16-/m0/s1. The van der Waals surface area contributed by atoms with Crippen LogP contribution in [0.3, 0.4) is 0 Å². The third-order valence-corrected chi connectivity index (χ3v) is 4.66. The summed E-state index contributed by atoms with van der Waals surface area (Å²) >= 11 is 0. The van der Waals surface area contributed by atoms with E-state index in [0.717, 1.165) is 11.1 Å². The van der Waals surface area contributed by atoms with Crippen molar-refractivity contribution in [1.29, 1.82) is 0 Å². The smallest absolute Gasteiger partial charge is 0.307 e. The molecule has 126 valence electrons. The van der Waals surface area contributed by atoms with Crippen molar-refractivity contribution < 1.29 is 19.1 Å². The molecule has 2 amide bonds. The Balaban J connectivity index is 1.48. The number of hydrogen-bond acceptors (Lipinski definition) is 4. The van der Waals surface area contributed by atoms with Crippen molar-refractivity contribution in [2.75, 3.05) is 6.54 Å². The molecule has 2 aliphatic rings. The van der Waals surface area contributed by atoms with Gasteiger partial charge in [0.05, 0.1) is 18.3 Å². The highest BCUT2D eigenvalue weighted by Gasteiger charge is 2.46. The number of nitrogens with zero attached hydrogens (tertiary/aromatic N) is 1. The molecule has 1 aliphatic carbocycles. The molecule has 5 nitrogen and oxygen atoms in total. The molecule has 24 heavy (non-hydrogen) atoms. The molecule has 0 aromatic heterocycles. The summed E-state index contributed by atoms with van der Waals surface area (Å²) in [6, 6.07) is 7.74. The largest absolute Gasteiger partial charge is 0.461 e. The Kier molecular flexibility index (Phi) is 4.79. The van der Waals surface area contributed by atoms with E-state index in [-0.39, 0.29) is 43.2 Å². The summed E-state index contributed by atoms with van der Waals surface area (Å²) in [5, 5.41) is 0. The quantitative estimate of drug-likeness (QED) is 0.473. The summed E-state index contributed by atoms with van der Waals surface area (Å²) in [6.07, 6.45) is 5.17. The van der Waals surface area contributed by atoms with Gasteiger partial charge >= 0.3 is 5.97 Å². The van der Waals surface area contributed by atoms with Crippen molar-refractivity contribution in [3.05, 3.63) is 47.5 Å². The van der Waals surface area contributed by atoms with Crippen LogP contribution < -0.4 is 0 Å². The maximum Gasteiger partial charge on any atom is 0.307 e. The summed E-state index contributed by atoms with van der Waals surface area (Å²) in [6.45, 7) is 2.31. The van der Waals surface area contributed by atoms with E-state index in [2.05, 4.69) is 0 Å². The third-order valence-electron chi connectivity index (χ3n) is 4.66. The van der Waals surface area contributed by atoms with Crippen molar-refractivity contribution >= 4 is 17.8 Å². The van der Waals surface area contributed by atoms with Gasteiger partial charge in [-0.15, -0.1) is 0 Å². The lowest BCUT2D eigenvalue weighted by Crippen LogP contribution is -2.33. The second-order valence-electron chi connectivity index (χ2n) is 6.38. The average molecular weight is 327 g/mol. The zero-order valence-electron chi connectivity index (χ0n) is 13.7. The molecule has 1 aromatic carbocycles. The van der Waals surface area contributed by atoms with E-state index in [1.54, 1.807) is 0 Å². The van der Waals surface area contributed by atoms with E-state index in [9.17, 15) is 14.4 Å². The molecule has 1 aliphatic heterocycles. The number of esters is 1. The molecule has 0 unspecified atom stereocenters. The SMILES string of the molecule is Cc1ccc(COC(=O)CCN2C(=O)[C@H]3CC=CC[C@@H]3C2=O)cc1. The Morgan fingerprint density at radius 3 is 2.25 bits per heavy atom. The van der Waals surface area contributed by atoms with E-state index >= 15 is 0 Å². The fourth-order valence-corrected chi connectivity index (χ4v) is 3.21. The zero-order valence-corrected chi connectivity index (χ0v) is 13.7. The summed E-state index contributed by atoms with van der Waals surface area (Å²) in [4.78, 5) is 37.7. The van der Waals surface area contributed by atoms with Gasteiger partial charge in [0.1, 0.15) is 6.61 Å². The molecule has 1 heterocycles. The van der Waals surface area contributed by atoms with Gasteiger partial charge in [-0.25, -0.2) is 0 Å².